The van der Waals surface area contributed by atoms with Crippen molar-refractivity contribution in [2.45, 2.75) is 103 Å². The molecule has 1 aliphatic rings. The molecule has 0 N–H and O–H groups in total. The molecule has 0 aromatic heterocycles. The average molecular weight is 493 g/mol. The molecule has 198 valence electrons. The number of benzene rings is 2. The van der Waals surface area contributed by atoms with E-state index >= 15 is 0 Å². The van der Waals surface area contributed by atoms with E-state index in [1.54, 1.807) is 0 Å². The minimum atomic E-state index is -0.246. The zero-order valence-corrected chi connectivity index (χ0v) is 22.8. The van der Waals surface area contributed by atoms with E-state index in [1.807, 2.05) is 6.08 Å². The number of allylic oxidation sites excluding steroid dienone is 1. The highest BCUT2D eigenvalue weighted by atomic mass is 16.7. The van der Waals surface area contributed by atoms with Crippen LogP contribution in [0.25, 0.3) is 11.1 Å². The largest absolute Gasteiger partial charge is 0.491 e. The molecule has 0 radical (unpaired) electrons. The van der Waals surface area contributed by atoms with Gasteiger partial charge in [0.1, 0.15) is 5.75 Å². The number of rotatable bonds is 17. The molecule has 1 atom stereocenters. The lowest BCUT2D eigenvalue weighted by molar-refractivity contribution is -0.206. The first-order chi connectivity index (χ1) is 17.7. The van der Waals surface area contributed by atoms with Crippen LogP contribution in [0, 0.1) is 5.92 Å². The summed E-state index contributed by atoms with van der Waals surface area (Å²) in [7, 11) is 0. The Hall–Kier alpha value is -2.10. The molecule has 1 aliphatic heterocycles. The normalized spacial score (nSPS) is 18.6. The summed E-state index contributed by atoms with van der Waals surface area (Å²) in [5.74, 6) is 1.47. The van der Waals surface area contributed by atoms with Crippen molar-refractivity contribution < 1.29 is 14.2 Å². The molecule has 1 saturated heterocycles. The maximum Gasteiger partial charge on any atom is 0.183 e. The molecule has 0 amide bonds. The Kier molecular flexibility index (Phi) is 13.1. The van der Waals surface area contributed by atoms with Gasteiger partial charge in [0, 0.05) is 11.5 Å². The number of hydrogen-bond acceptors (Lipinski definition) is 3. The van der Waals surface area contributed by atoms with E-state index in [0.29, 0.717) is 5.92 Å². The highest BCUT2D eigenvalue weighted by molar-refractivity contribution is 5.64. The van der Waals surface area contributed by atoms with E-state index in [-0.39, 0.29) is 12.4 Å². The van der Waals surface area contributed by atoms with Gasteiger partial charge >= 0.3 is 0 Å². The van der Waals surface area contributed by atoms with Crippen molar-refractivity contribution in [3.05, 3.63) is 66.7 Å². The Morgan fingerprint density at radius 2 is 1.44 bits per heavy atom. The molecular weight excluding hydrogens is 444 g/mol. The van der Waals surface area contributed by atoms with Crippen LogP contribution in [0.4, 0.5) is 0 Å². The van der Waals surface area contributed by atoms with Crippen LogP contribution >= 0.6 is 0 Å². The second kappa shape index (κ2) is 16.6. The van der Waals surface area contributed by atoms with Crippen LogP contribution in [0.15, 0.2) is 61.2 Å². The second-order valence-electron chi connectivity index (χ2n) is 10.4. The van der Waals surface area contributed by atoms with E-state index in [4.69, 9.17) is 14.2 Å². The summed E-state index contributed by atoms with van der Waals surface area (Å²) in [6.45, 7) is 9.79. The van der Waals surface area contributed by atoms with Gasteiger partial charge in [-0.1, -0.05) is 94.3 Å². The third-order valence-corrected chi connectivity index (χ3v) is 7.16. The molecule has 2 aromatic rings. The van der Waals surface area contributed by atoms with Crippen molar-refractivity contribution in [3.8, 4) is 16.9 Å². The molecule has 3 heteroatoms. The molecule has 0 aliphatic carbocycles. The van der Waals surface area contributed by atoms with Gasteiger partial charge in [0.05, 0.1) is 19.3 Å². The van der Waals surface area contributed by atoms with Gasteiger partial charge in [0.25, 0.3) is 0 Å². The van der Waals surface area contributed by atoms with Gasteiger partial charge in [-0.05, 0) is 62.3 Å². The summed E-state index contributed by atoms with van der Waals surface area (Å²) in [5.41, 5.74) is 3.48. The predicted molar refractivity (Wildman–Crippen MR) is 151 cm³/mol. The molecule has 1 fully saturated rings. The molecule has 1 heterocycles. The first-order valence-corrected chi connectivity index (χ1v) is 14.4. The zero-order valence-electron chi connectivity index (χ0n) is 22.8. The van der Waals surface area contributed by atoms with Crippen LogP contribution in [-0.2, 0) is 9.47 Å². The van der Waals surface area contributed by atoms with Gasteiger partial charge < -0.3 is 14.2 Å². The topological polar surface area (TPSA) is 27.7 Å². The molecule has 0 saturated carbocycles. The van der Waals surface area contributed by atoms with Crippen LogP contribution in [0.1, 0.15) is 103 Å². The molecule has 2 aromatic carbocycles. The van der Waals surface area contributed by atoms with Crippen LogP contribution in [-0.4, -0.2) is 19.3 Å². The van der Waals surface area contributed by atoms with Crippen molar-refractivity contribution >= 4 is 0 Å². The van der Waals surface area contributed by atoms with E-state index in [0.717, 1.165) is 37.4 Å². The Morgan fingerprint density at radius 1 is 0.833 bits per heavy atom. The van der Waals surface area contributed by atoms with Crippen molar-refractivity contribution in [2.75, 3.05) is 13.2 Å². The second-order valence-corrected chi connectivity index (χ2v) is 10.4. The van der Waals surface area contributed by atoms with Gasteiger partial charge in [-0.3, -0.25) is 0 Å². The fourth-order valence-electron chi connectivity index (χ4n) is 4.86. The molecule has 3 rings (SSSR count). The number of hydrogen-bond donors (Lipinski definition) is 0. The summed E-state index contributed by atoms with van der Waals surface area (Å²) in [4.78, 5) is 0. The Balaban J connectivity index is 1.38. The average Bonchev–Trinajstić information content (AvgIpc) is 2.91. The lowest BCUT2D eigenvalue weighted by atomic mass is 10.0. The quantitative estimate of drug-likeness (QED) is 0.162. The van der Waals surface area contributed by atoms with Crippen LogP contribution in [0.3, 0.4) is 0 Å². The fraction of sp³-hybridized carbons (Fsp3) is 0.576. The monoisotopic (exact) mass is 492 g/mol. The molecular formula is C33H48O3. The van der Waals surface area contributed by atoms with E-state index in [9.17, 15) is 0 Å². The van der Waals surface area contributed by atoms with E-state index in [1.165, 1.54) is 75.3 Å². The van der Waals surface area contributed by atoms with Gasteiger partial charge in [0.15, 0.2) is 6.29 Å². The van der Waals surface area contributed by atoms with Gasteiger partial charge in [-0.15, -0.1) is 6.58 Å². The lowest BCUT2D eigenvalue weighted by Gasteiger charge is -2.29. The Bertz CT molecular complexity index is 834. The van der Waals surface area contributed by atoms with Gasteiger partial charge in [-0.2, -0.15) is 0 Å². The molecule has 0 unspecified atom stereocenters. The maximum absolute atomic E-state index is 6.11. The van der Waals surface area contributed by atoms with Gasteiger partial charge in [-0.25, -0.2) is 0 Å². The number of ether oxygens (including phenoxy) is 3. The summed E-state index contributed by atoms with van der Waals surface area (Å²) in [6.07, 6.45) is 17.1. The van der Waals surface area contributed by atoms with E-state index < -0.39 is 0 Å². The van der Waals surface area contributed by atoms with Crippen LogP contribution in [0.5, 0.6) is 5.75 Å². The van der Waals surface area contributed by atoms with Gasteiger partial charge in [0.2, 0.25) is 0 Å². The minimum Gasteiger partial charge on any atom is -0.491 e. The zero-order chi connectivity index (χ0) is 25.4. The van der Waals surface area contributed by atoms with Crippen LogP contribution < -0.4 is 4.74 Å². The highest BCUT2D eigenvalue weighted by Gasteiger charge is 2.23. The maximum atomic E-state index is 6.11. The van der Waals surface area contributed by atoms with Crippen molar-refractivity contribution in [3.63, 3.8) is 0 Å². The SMILES string of the molecule is C=CCCCCCCCC1COC(c2ccc(-c3ccc(O[C@@H](C)CCCCCC)cc3)cc2)OC1. The van der Waals surface area contributed by atoms with Crippen LogP contribution in [0.2, 0.25) is 0 Å². The Labute approximate surface area is 220 Å². The third kappa shape index (κ3) is 10.1. The third-order valence-electron chi connectivity index (χ3n) is 7.16. The van der Waals surface area contributed by atoms with Crippen molar-refractivity contribution in [1.82, 2.24) is 0 Å². The summed E-state index contributed by atoms with van der Waals surface area (Å²) in [5, 5.41) is 0. The predicted octanol–water partition coefficient (Wildman–Crippen LogP) is 9.67. The molecule has 3 nitrogen and oxygen atoms in total. The highest BCUT2D eigenvalue weighted by Crippen LogP contribution is 2.30. The smallest absolute Gasteiger partial charge is 0.183 e. The standard InChI is InChI=1S/C33H48O3/c1-4-6-8-10-11-12-14-16-28-25-34-33(35-26-28)31-19-17-29(18-20-31)30-21-23-32(24-22-30)36-27(3)15-13-9-7-5-2/h4,17-24,27-28,33H,1,5-16,25-26H2,2-3H3/t27-,28?,33?/m0/s1. The minimum absolute atomic E-state index is 0.246. The van der Waals surface area contributed by atoms with E-state index in [2.05, 4.69) is 69.0 Å². The Morgan fingerprint density at radius 3 is 2.11 bits per heavy atom. The lowest BCUT2D eigenvalue weighted by Crippen LogP contribution is -2.27. The molecule has 0 bridgehead atoms. The first kappa shape index (κ1) is 28.5. The first-order valence-electron chi connectivity index (χ1n) is 14.4. The fourth-order valence-corrected chi connectivity index (χ4v) is 4.86. The van der Waals surface area contributed by atoms with Crippen molar-refractivity contribution in [1.29, 1.82) is 0 Å². The molecule has 0 spiro atoms. The summed E-state index contributed by atoms with van der Waals surface area (Å²) in [6, 6.07) is 17.0. The summed E-state index contributed by atoms with van der Waals surface area (Å²) < 4.78 is 18.3. The summed E-state index contributed by atoms with van der Waals surface area (Å²) >= 11 is 0. The van der Waals surface area contributed by atoms with Crippen molar-refractivity contribution in [2.24, 2.45) is 5.92 Å². The number of unbranched alkanes of at least 4 members (excludes halogenated alkanes) is 8. The molecule has 36 heavy (non-hydrogen) atoms.